The van der Waals surface area contributed by atoms with Crippen LogP contribution in [0.15, 0.2) is 114 Å². The number of aromatic nitrogens is 7. The van der Waals surface area contributed by atoms with E-state index in [4.69, 9.17) is 16.3 Å². The summed E-state index contributed by atoms with van der Waals surface area (Å²) in [6.07, 6.45) is 7.66. The molecule has 0 fully saturated rings. The molecule has 0 aliphatic heterocycles. The van der Waals surface area contributed by atoms with Crippen LogP contribution in [-0.2, 0) is 24.7 Å². The zero-order valence-corrected chi connectivity index (χ0v) is 35.6. The first-order valence-electron chi connectivity index (χ1n) is 21.2. The van der Waals surface area contributed by atoms with Crippen molar-refractivity contribution in [2.24, 2.45) is 7.05 Å². The van der Waals surface area contributed by atoms with Crippen LogP contribution in [0, 0.1) is 11.6 Å². The van der Waals surface area contributed by atoms with E-state index >= 15 is 0 Å². The fourth-order valence-electron chi connectivity index (χ4n) is 9.06. The fourth-order valence-corrected chi connectivity index (χ4v) is 9.34. The van der Waals surface area contributed by atoms with Crippen molar-refractivity contribution in [1.82, 2.24) is 35.2 Å². The van der Waals surface area contributed by atoms with Crippen LogP contribution in [0.1, 0.15) is 95.8 Å². The number of rotatable bonds is 15. The van der Waals surface area contributed by atoms with E-state index in [0.717, 1.165) is 80.4 Å². The third kappa shape index (κ3) is 8.55. The normalized spacial score (nSPS) is 15.2. The number of nitrogens with zero attached hydrogens (tertiary/aromatic N) is 5. The van der Waals surface area contributed by atoms with Gasteiger partial charge in [0.15, 0.2) is 0 Å². The van der Waals surface area contributed by atoms with Crippen molar-refractivity contribution >= 4 is 50.2 Å². The standard InChI is InChI=1S/C50H44ClF2N7O3/c1-3-39(40-18-15-35(52)26-43(40)51)45(32-14-19-44-34(22-32)27-55-57-44)31-12-16-38(17-13-31)63-20-6-4-5-7-37(61)21-29-8-10-30(11-9-29)41-24-33-23-36(53)25-42-46(33)48(58-59-50(42)62)47(41)49-54-28-56-60(49)2/h8-19,22-23,25-28,41,47H,3-7,20-21,24H2,1-2H3,(H,55,57)(H,59,62)/b45-39+/t41-,47-/m1/s1. The van der Waals surface area contributed by atoms with Crippen LogP contribution in [0.25, 0.3) is 32.8 Å². The maximum Gasteiger partial charge on any atom is 0.272 e. The van der Waals surface area contributed by atoms with Crippen LogP contribution in [-0.4, -0.2) is 47.5 Å². The first kappa shape index (κ1) is 41.6. The van der Waals surface area contributed by atoms with Gasteiger partial charge in [0.05, 0.1) is 40.3 Å². The molecule has 63 heavy (non-hydrogen) atoms. The second-order valence-corrected chi connectivity index (χ2v) is 16.5. The monoisotopic (exact) mass is 863 g/mol. The summed E-state index contributed by atoms with van der Waals surface area (Å²) in [5, 5.41) is 20.8. The molecule has 0 saturated heterocycles. The van der Waals surface area contributed by atoms with Gasteiger partial charge in [0, 0.05) is 36.6 Å². The number of carbonyl (C=O) groups excluding carboxylic acids is 1. The molecule has 0 spiro atoms. The van der Waals surface area contributed by atoms with Crippen molar-refractivity contribution in [3.05, 3.63) is 181 Å². The van der Waals surface area contributed by atoms with Crippen molar-refractivity contribution in [3.8, 4) is 5.75 Å². The van der Waals surface area contributed by atoms with Crippen LogP contribution in [0.2, 0.25) is 5.02 Å². The second-order valence-electron chi connectivity index (χ2n) is 16.1. The molecule has 1 aliphatic rings. The van der Waals surface area contributed by atoms with Crippen molar-refractivity contribution in [2.45, 2.75) is 63.7 Å². The van der Waals surface area contributed by atoms with Gasteiger partial charge in [-0.1, -0.05) is 67.1 Å². The highest BCUT2D eigenvalue weighted by Crippen LogP contribution is 2.46. The number of H-pyrrole nitrogens is 2. The summed E-state index contributed by atoms with van der Waals surface area (Å²) in [5.41, 5.74) is 8.53. The van der Waals surface area contributed by atoms with Gasteiger partial charge in [-0.2, -0.15) is 15.3 Å². The zero-order chi connectivity index (χ0) is 43.6. The summed E-state index contributed by atoms with van der Waals surface area (Å²) in [4.78, 5) is 30.3. The number of aromatic amines is 2. The van der Waals surface area contributed by atoms with Crippen LogP contribution in [0.3, 0.4) is 0 Å². The average molecular weight is 864 g/mol. The molecule has 9 rings (SSSR count). The summed E-state index contributed by atoms with van der Waals surface area (Å²) in [5.74, 6) is 0.263. The first-order chi connectivity index (χ1) is 30.6. The maximum absolute atomic E-state index is 14.7. The quantitative estimate of drug-likeness (QED) is 0.0775. The van der Waals surface area contributed by atoms with Gasteiger partial charge in [0.1, 0.15) is 35.3 Å². The molecule has 0 radical (unpaired) electrons. The predicted molar refractivity (Wildman–Crippen MR) is 241 cm³/mol. The summed E-state index contributed by atoms with van der Waals surface area (Å²) < 4.78 is 36.6. The lowest BCUT2D eigenvalue weighted by Crippen LogP contribution is -2.27. The lowest BCUT2D eigenvalue weighted by molar-refractivity contribution is -0.118. The Morgan fingerprint density at radius 2 is 1.71 bits per heavy atom. The van der Waals surface area contributed by atoms with Crippen molar-refractivity contribution < 1.29 is 18.3 Å². The van der Waals surface area contributed by atoms with E-state index in [-0.39, 0.29) is 28.8 Å². The number of ketones is 1. The Labute approximate surface area is 367 Å². The summed E-state index contributed by atoms with van der Waals surface area (Å²) in [7, 11) is 1.82. The second kappa shape index (κ2) is 17.9. The Kier molecular flexibility index (Phi) is 11.8. The van der Waals surface area contributed by atoms with Crippen LogP contribution in [0.4, 0.5) is 8.78 Å². The Morgan fingerprint density at radius 3 is 2.48 bits per heavy atom. The van der Waals surface area contributed by atoms with E-state index in [1.54, 1.807) is 16.9 Å². The number of unbranched alkanes of at least 4 members (excludes halogenated alkanes) is 2. The van der Waals surface area contributed by atoms with Crippen molar-refractivity contribution in [1.29, 1.82) is 0 Å². The number of Topliss-reactive ketones (excluding diaryl/α,β-unsaturated/α-hetero) is 1. The number of nitrogens with one attached hydrogen (secondary N) is 2. The molecule has 8 aromatic rings. The number of halogens is 3. The molecular formula is C50H44ClF2N7O3. The molecule has 0 amide bonds. The molecule has 13 heteroatoms. The van der Waals surface area contributed by atoms with E-state index < -0.39 is 11.4 Å². The van der Waals surface area contributed by atoms with Crippen LogP contribution in [0.5, 0.6) is 5.75 Å². The van der Waals surface area contributed by atoms with Gasteiger partial charge in [-0.3, -0.25) is 19.4 Å². The van der Waals surface area contributed by atoms with Gasteiger partial charge in [-0.05, 0) is 125 Å². The molecule has 10 nitrogen and oxygen atoms in total. The molecule has 0 bridgehead atoms. The number of hydrogen-bond acceptors (Lipinski definition) is 7. The first-order valence-corrected chi connectivity index (χ1v) is 21.5. The summed E-state index contributed by atoms with van der Waals surface area (Å²) in [6, 6.07) is 29.4. The van der Waals surface area contributed by atoms with Crippen LogP contribution >= 0.6 is 11.6 Å². The van der Waals surface area contributed by atoms with Gasteiger partial charge in [-0.25, -0.2) is 18.9 Å². The number of benzene rings is 5. The Morgan fingerprint density at radius 1 is 0.905 bits per heavy atom. The van der Waals surface area contributed by atoms with Crippen molar-refractivity contribution in [2.75, 3.05) is 6.61 Å². The van der Waals surface area contributed by atoms with Gasteiger partial charge < -0.3 is 4.74 Å². The minimum absolute atomic E-state index is 0.159. The van der Waals surface area contributed by atoms with E-state index in [1.807, 2.05) is 61.6 Å². The number of carbonyl (C=O) groups is 1. The molecule has 3 heterocycles. The molecule has 1 aliphatic carbocycles. The molecular weight excluding hydrogens is 820 g/mol. The van der Waals surface area contributed by atoms with Crippen LogP contribution < -0.4 is 10.3 Å². The lowest BCUT2D eigenvalue weighted by atomic mass is 9.73. The van der Waals surface area contributed by atoms with Gasteiger partial charge in [0.25, 0.3) is 5.56 Å². The smallest absolute Gasteiger partial charge is 0.272 e. The minimum atomic E-state index is -0.468. The molecule has 318 valence electrons. The Balaban J connectivity index is 0.804. The predicted octanol–water partition coefficient (Wildman–Crippen LogP) is 10.5. The molecule has 3 aromatic heterocycles. The van der Waals surface area contributed by atoms with Gasteiger partial charge in [-0.15, -0.1) is 0 Å². The van der Waals surface area contributed by atoms with Gasteiger partial charge >= 0.3 is 0 Å². The summed E-state index contributed by atoms with van der Waals surface area (Å²) >= 11 is 6.60. The van der Waals surface area contributed by atoms with E-state index in [2.05, 4.69) is 49.5 Å². The van der Waals surface area contributed by atoms with E-state index in [9.17, 15) is 18.4 Å². The SMILES string of the molecule is CC/C(=C(/c1ccc(OCCCCCC(=O)Cc2ccc([C@H]3Cc4cc(F)cc5c(=O)[nH]nc(c45)[C@@H]3c3ncnn3C)cc2)cc1)c1ccc2[nH]ncc2c1)c1ccc(F)cc1Cl. The third-order valence-electron chi connectivity index (χ3n) is 12.1. The highest BCUT2D eigenvalue weighted by molar-refractivity contribution is 6.32. The van der Waals surface area contributed by atoms with Gasteiger partial charge in [0.2, 0.25) is 0 Å². The van der Waals surface area contributed by atoms with E-state index in [0.29, 0.717) is 54.2 Å². The molecule has 0 saturated carbocycles. The Bertz CT molecular complexity index is 3070. The topological polar surface area (TPSA) is 131 Å². The molecule has 5 aromatic carbocycles. The van der Waals surface area contributed by atoms with E-state index in [1.165, 1.54) is 30.6 Å². The third-order valence-corrected chi connectivity index (χ3v) is 12.4. The Hall–Kier alpha value is -6.79. The fraction of sp³-hybridized carbons (Fsp3) is 0.240. The highest BCUT2D eigenvalue weighted by atomic mass is 35.5. The maximum atomic E-state index is 14.7. The number of ether oxygens (including phenoxy) is 1. The number of hydrogen-bond donors (Lipinski definition) is 2. The molecule has 2 atom stereocenters. The average Bonchev–Trinajstić information content (AvgIpc) is 3.94. The minimum Gasteiger partial charge on any atom is -0.494 e. The summed E-state index contributed by atoms with van der Waals surface area (Å²) in [6.45, 7) is 2.59. The largest absolute Gasteiger partial charge is 0.494 e. The number of aryl methyl sites for hydroxylation is 1. The van der Waals surface area contributed by atoms with Crippen molar-refractivity contribution in [3.63, 3.8) is 0 Å². The number of fused-ring (bicyclic) bond motifs is 1. The molecule has 2 N–H and O–H groups in total. The zero-order valence-electron chi connectivity index (χ0n) is 34.8. The number of allylic oxidation sites excluding steroid dienone is 1. The highest BCUT2D eigenvalue weighted by Gasteiger charge is 2.38. The molecule has 0 unspecified atom stereocenters. The lowest BCUT2D eigenvalue weighted by Gasteiger charge is -2.32.